The summed E-state index contributed by atoms with van der Waals surface area (Å²) >= 11 is 0. The molecule has 0 bridgehead atoms. The van der Waals surface area contributed by atoms with Crippen LogP contribution in [0.5, 0.6) is 17.2 Å². The average molecular weight is 492 g/mol. The van der Waals surface area contributed by atoms with E-state index < -0.39 is 21.7 Å². The van der Waals surface area contributed by atoms with Gasteiger partial charge in [-0.05, 0) is 25.0 Å². The van der Waals surface area contributed by atoms with Crippen molar-refractivity contribution in [2.24, 2.45) is 0 Å². The van der Waals surface area contributed by atoms with E-state index in [1.54, 1.807) is 12.1 Å². The van der Waals surface area contributed by atoms with Crippen molar-refractivity contribution in [2.75, 3.05) is 39.7 Å². The van der Waals surface area contributed by atoms with Gasteiger partial charge in [0.15, 0.2) is 17.1 Å². The highest BCUT2D eigenvalue weighted by Gasteiger charge is 2.28. The summed E-state index contributed by atoms with van der Waals surface area (Å²) in [4.78, 5) is 25.2. The van der Waals surface area contributed by atoms with E-state index in [0.29, 0.717) is 41.5 Å². The molecule has 1 N–H and O–H groups in total. The maximum Gasteiger partial charge on any atom is 0.420 e. The standard InChI is InChI=1S/C22H25N3O8S/c1-30-18-10-14(11-19(31-2)21(18)32-3)23-20(26)13-25-16-7-6-15(12-17(16)33-22(25)27)34(28,29)24-8-4-5-9-24/h6-7,10-12H,4-5,8-9,13H2,1-3H3,(H,23,26). The second kappa shape index (κ2) is 9.39. The number of ether oxygens (including phenoxy) is 3. The minimum atomic E-state index is -3.67. The zero-order valence-electron chi connectivity index (χ0n) is 19.0. The lowest BCUT2D eigenvalue weighted by atomic mass is 10.2. The van der Waals surface area contributed by atoms with Crippen LogP contribution in [0, 0.1) is 0 Å². The second-order valence-electron chi connectivity index (χ2n) is 7.66. The molecule has 0 radical (unpaired) electrons. The molecule has 0 atom stereocenters. The molecular formula is C22H25N3O8S. The maximum atomic E-state index is 12.8. The summed E-state index contributed by atoms with van der Waals surface area (Å²) in [5.74, 6) is -0.192. The molecule has 2 aromatic carbocycles. The van der Waals surface area contributed by atoms with Gasteiger partial charge < -0.3 is 23.9 Å². The number of carbonyl (C=O) groups excluding carboxylic acids is 1. The Hall–Kier alpha value is -3.51. The van der Waals surface area contributed by atoms with Gasteiger partial charge in [0.25, 0.3) is 0 Å². The number of anilines is 1. The summed E-state index contributed by atoms with van der Waals surface area (Å²) in [6.07, 6.45) is 1.63. The third-order valence-corrected chi connectivity index (χ3v) is 7.49. The van der Waals surface area contributed by atoms with E-state index in [2.05, 4.69) is 5.32 Å². The van der Waals surface area contributed by atoms with Gasteiger partial charge in [-0.3, -0.25) is 9.36 Å². The first-order chi connectivity index (χ1) is 16.3. The molecule has 0 aliphatic carbocycles. The molecule has 182 valence electrons. The molecule has 34 heavy (non-hydrogen) atoms. The van der Waals surface area contributed by atoms with Crippen LogP contribution in [0.4, 0.5) is 5.69 Å². The molecule has 0 spiro atoms. The van der Waals surface area contributed by atoms with Crippen LogP contribution in [0.1, 0.15) is 12.8 Å². The number of nitrogens with one attached hydrogen (secondary N) is 1. The van der Waals surface area contributed by atoms with Crippen LogP contribution < -0.4 is 25.3 Å². The highest BCUT2D eigenvalue weighted by molar-refractivity contribution is 7.89. The molecule has 0 unspecified atom stereocenters. The van der Waals surface area contributed by atoms with Gasteiger partial charge in [-0.1, -0.05) is 0 Å². The Labute approximate surface area is 195 Å². The molecule has 1 amide bonds. The van der Waals surface area contributed by atoms with Crippen LogP contribution in [0.15, 0.2) is 44.4 Å². The minimum absolute atomic E-state index is 0.0460. The Morgan fingerprint density at radius 2 is 1.68 bits per heavy atom. The van der Waals surface area contributed by atoms with Crippen LogP contribution in [0.2, 0.25) is 0 Å². The fourth-order valence-electron chi connectivity index (χ4n) is 3.93. The number of rotatable bonds is 8. The average Bonchev–Trinajstić information content (AvgIpc) is 3.47. The molecule has 11 nitrogen and oxygen atoms in total. The third kappa shape index (κ3) is 4.33. The summed E-state index contributed by atoms with van der Waals surface area (Å²) in [6.45, 7) is 0.583. The molecule has 0 saturated carbocycles. The van der Waals surface area contributed by atoms with Crippen molar-refractivity contribution < 1.29 is 31.8 Å². The normalized spacial score (nSPS) is 14.3. The van der Waals surface area contributed by atoms with E-state index in [0.717, 1.165) is 17.4 Å². The van der Waals surface area contributed by atoms with Gasteiger partial charge in [0.1, 0.15) is 6.54 Å². The summed E-state index contributed by atoms with van der Waals surface area (Å²) in [5, 5.41) is 2.69. The van der Waals surface area contributed by atoms with Gasteiger partial charge in [-0.25, -0.2) is 13.2 Å². The summed E-state index contributed by atoms with van der Waals surface area (Å²) in [7, 11) is 0.715. The number of benzene rings is 2. The predicted molar refractivity (Wildman–Crippen MR) is 123 cm³/mol. The quantitative estimate of drug-likeness (QED) is 0.507. The van der Waals surface area contributed by atoms with E-state index in [1.165, 1.54) is 43.8 Å². The van der Waals surface area contributed by atoms with Crippen molar-refractivity contribution in [1.29, 1.82) is 0 Å². The van der Waals surface area contributed by atoms with Crippen LogP contribution >= 0.6 is 0 Å². The zero-order valence-corrected chi connectivity index (χ0v) is 19.8. The molecule has 1 aliphatic rings. The van der Waals surface area contributed by atoms with E-state index in [9.17, 15) is 18.0 Å². The van der Waals surface area contributed by atoms with Crippen LogP contribution in [0.25, 0.3) is 11.1 Å². The topological polar surface area (TPSA) is 129 Å². The van der Waals surface area contributed by atoms with E-state index >= 15 is 0 Å². The van der Waals surface area contributed by atoms with Crippen LogP contribution in [-0.2, 0) is 21.4 Å². The van der Waals surface area contributed by atoms with Crippen molar-refractivity contribution in [2.45, 2.75) is 24.3 Å². The van der Waals surface area contributed by atoms with Crippen LogP contribution in [0.3, 0.4) is 0 Å². The van der Waals surface area contributed by atoms with Crippen molar-refractivity contribution in [3.05, 3.63) is 40.9 Å². The lowest BCUT2D eigenvalue weighted by molar-refractivity contribution is -0.116. The smallest absolute Gasteiger partial charge is 0.420 e. The predicted octanol–water partition coefficient (Wildman–Crippen LogP) is 2.04. The fraction of sp³-hybridized carbons (Fsp3) is 0.364. The monoisotopic (exact) mass is 491 g/mol. The summed E-state index contributed by atoms with van der Waals surface area (Å²) in [5.41, 5.74) is 0.774. The van der Waals surface area contributed by atoms with Gasteiger partial charge in [0.05, 0.1) is 31.7 Å². The lowest BCUT2D eigenvalue weighted by Crippen LogP contribution is -2.27. The first-order valence-electron chi connectivity index (χ1n) is 10.5. The summed E-state index contributed by atoms with van der Waals surface area (Å²) < 4.78 is 49.2. The van der Waals surface area contributed by atoms with E-state index in [1.807, 2.05) is 0 Å². The number of hydrogen-bond acceptors (Lipinski definition) is 8. The number of hydrogen-bond donors (Lipinski definition) is 1. The van der Waals surface area contributed by atoms with Gasteiger partial charge in [-0.2, -0.15) is 4.31 Å². The third-order valence-electron chi connectivity index (χ3n) is 5.59. The molecule has 12 heteroatoms. The first kappa shape index (κ1) is 23.6. The maximum absolute atomic E-state index is 12.8. The van der Waals surface area contributed by atoms with Crippen molar-refractivity contribution >= 4 is 32.7 Å². The number of carbonyl (C=O) groups is 1. The van der Waals surface area contributed by atoms with E-state index in [-0.39, 0.29) is 17.0 Å². The molecule has 1 aromatic heterocycles. The Morgan fingerprint density at radius 1 is 1.03 bits per heavy atom. The number of oxazole rings is 1. The number of nitrogens with zero attached hydrogens (tertiary/aromatic N) is 2. The molecule has 1 aliphatic heterocycles. The first-order valence-corrected chi connectivity index (χ1v) is 12.0. The van der Waals surface area contributed by atoms with Crippen molar-refractivity contribution in [1.82, 2.24) is 8.87 Å². The zero-order chi connectivity index (χ0) is 24.5. The Kier molecular flexibility index (Phi) is 6.53. The Balaban J connectivity index is 1.58. The van der Waals surface area contributed by atoms with Gasteiger partial charge >= 0.3 is 5.76 Å². The Bertz CT molecular complexity index is 1360. The molecule has 3 aromatic rings. The highest BCUT2D eigenvalue weighted by atomic mass is 32.2. The van der Waals surface area contributed by atoms with Gasteiger partial charge in [-0.15, -0.1) is 0 Å². The van der Waals surface area contributed by atoms with Crippen molar-refractivity contribution in [3.63, 3.8) is 0 Å². The molecule has 1 saturated heterocycles. The Morgan fingerprint density at radius 3 is 2.26 bits per heavy atom. The fourth-order valence-corrected chi connectivity index (χ4v) is 5.46. The minimum Gasteiger partial charge on any atom is -0.493 e. The molecule has 4 rings (SSSR count). The lowest BCUT2D eigenvalue weighted by Gasteiger charge is -2.15. The molecular weight excluding hydrogens is 466 g/mol. The molecule has 2 heterocycles. The largest absolute Gasteiger partial charge is 0.493 e. The van der Waals surface area contributed by atoms with Crippen LogP contribution in [-0.4, -0.2) is 57.6 Å². The second-order valence-corrected chi connectivity index (χ2v) is 9.59. The highest BCUT2D eigenvalue weighted by Crippen LogP contribution is 2.40. The number of aromatic nitrogens is 1. The van der Waals surface area contributed by atoms with Gasteiger partial charge in [0.2, 0.25) is 21.7 Å². The van der Waals surface area contributed by atoms with Crippen molar-refractivity contribution in [3.8, 4) is 17.2 Å². The van der Waals surface area contributed by atoms with Gasteiger partial charge in [0, 0.05) is 37.0 Å². The van der Waals surface area contributed by atoms with E-state index in [4.69, 9.17) is 18.6 Å². The number of sulfonamides is 1. The molecule has 1 fully saturated rings. The number of amides is 1. The SMILES string of the molecule is COc1cc(NC(=O)Cn2c(=O)oc3cc(S(=O)(=O)N4CCCC4)ccc32)cc(OC)c1OC. The summed E-state index contributed by atoms with van der Waals surface area (Å²) in [6, 6.07) is 7.32. The number of methoxy groups -OCH3 is 3. The number of fused-ring (bicyclic) bond motifs is 1.